The minimum atomic E-state index is -1.03. The van der Waals surface area contributed by atoms with Gasteiger partial charge >= 0.3 is 5.97 Å². The minimum absolute atomic E-state index is 0.0723. The summed E-state index contributed by atoms with van der Waals surface area (Å²) < 4.78 is 5.32. The quantitative estimate of drug-likeness (QED) is 0.479. The highest BCUT2D eigenvalue weighted by atomic mass is 35.5. The summed E-state index contributed by atoms with van der Waals surface area (Å²) in [5, 5.41) is 8.87. The van der Waals surface area contributed by atoms with Gasteiger partial charge in [-0.2, -0.15) is 0 Å². The molecular weight excluding hydrogens is 244 g/mol. The summed E-state index contributed by atoms with van der Waals surface area (Å²) in [6.07, 6.45) is 0. The van der Waals surface area contributed by atoms with Gasteiger partial charge in [0.05, 0.1) is 18.1 Å². The van der Waals surface area contributed by atoms with Gasteiger partial charge in [0, 0.05) is 0 Å². The molecule has 5 nitrogen and oxygen atoms in total. The number of hydrogen-bond acceptors (Lipinski definition) is 3. The molecule has 0 aliphatic carbocycles. The van der Waals surface area contributed by atoms with Gasteiger partial charge in [-0.15, -0.1) is 11.6 Å². The lowest BCUT2D eigenvalue weighted by Gasteiger charge is -2.08. The lowest BCUT2D eigenvalue weighted by Crippen LogP contribution is -2.12. The van der Waals surface area contributed by atoms with Crippen LogP contribution >= 0.6 is 11.6 Å². The molecule has 0 aromatic heterocycles. The van der Waals surface area contributed by atoms with Crippen molar-refractivity contribution in [3.05, 3.63) is 23.8 Å². The molecule has 0 fully saturated rings. The van der Waals surface area contributed by atoms with E-state index in [2.05, 4.69) is 4.99 Å². The summed E-state index contributed by atoms with van der Waals surface area (Å²) >= 11 is 5.52. The van der Waals surface area contributed by atoms with Crippen molar-refractivity contribution >= 4 is 29.1 Å². The van der Waals surface area contributed by atoms with Crippen molar-refractivity contribution in [1.82, 2.24) is 0 Å². The molecule has 1 aromatic rings. The molecule has 6 heteroatoms. The Morgan fingerprint density at radius 3 is 2.82 bits per heavy atom. The number of aromatic carboxylic acids is 1. The Labute approximate surface area is 104 Å². The van der Waals surface area contributed by atoms with Crippen LogP contribution in [0.5, 0.6) is 5.75 Å². The standard InChI is InChI=1S/C11H13ClN2O3/c1-2-17-9-4-3-7(11(15)16)5-8(9)14-10(13)6-12/h3-5H,2,6H2,1H3,(H2,13,14)(H,15,16). The van der Waals surface area contributed by atoms with Gasteiger partial charge in [0.25, 0.3) is 0 Å². The van der Waals surface area contributed by atoms with E-state index in [-0.39, 0.29) is 17.3 Å². The highest BCUT2D eigenvalue weighted by Gasteiger charge is 2.09. The van der Waals surface area contributed by atoms with Gasteiger partial charge in [-0.3, -0.25) is 0 Å². The van der Waals surface area contributed by atoms with Gasteiger partial charge in [-0.25, -0.2) is 9.79 Å². The number of alkyl halides is 1. The molecule has 0 radical (unpaired) electrons. The lowest BCUT2D eigenvalue weighted by molar-refractivity contribution is 0.0697. The molecule has 0 saturated carbocycles. The molecule has 0 bridgehead atoms. The van der Waals surface area contributed by atoms with Crippen LogP contribution in [0.2, 0.25) is 0 Å². The number of ether oxygens (including phenoxy) is 1. The average Bonchev–Trinajstić information content (AvgIpc) is 2.31. The lowest BCUT2D eigenvalue weighted by atomic mass is 10.2. The third-order valence-electron chi connectivity index (χ3n) is 1.91. The van der Waals surface area contributed by atoms with Crippen molar-refractivity contribution in [2.45, 2.75) is 6.92 Å². The van der Waals surface area contributed by atoms with E-state index in [1.807, 2.05) is 6.92 Å². The number of nitrogens with zero attached hydrogens (tertiary/aromatic N) is 1. The zero-order valence-electron chi connectivity index (χ0n) is 9.31. The molecule has 3 N–H and O–H groups in total. The number of benzene rings is 1. The molecule has 0 atom stereocenters. The molecule has 0 aliphatic rings. The second-order valence-electron chi connectivity index (χ2n) is 3.16. The molecule has 0 spiro atoms. The summed E-state index contributed by atoms with van der Waals surface area (Å²) in [5.41, 5.74) is 6.00. The van der Waals surface area contributed by atoms with Crippen molar-refractivity contribution in [2.24, 2.45) is 10.7 Å². The molecule has 0 heterocycles. The monoisotopic (exact) mass is 256 g/mol. The molecule has 92 valence electrons. The second kappa shape index (κ2) is 6.10. The van der Waals surface area contributed by atoms with Crippen LogP contribution in [0, 0.1) is 0 Å². The molecule has 17 heavy (non-hydrogen) atoms. The predicted octanol–water partition coefficient (Wildman–Crippen LogP) is 2.01. The van der Waals surface area contributed by atoms with Crippen LogP contribution in [0.15, 0.2) is 23.2 Å². The Kier molecular flexibility index (Phi) is 4.78. The predicted molar refractivity (Wildman–Crippen MR) is 66.6 cm³/mol. The van der Waals surface area contributed by atoms with Crippen LogP contribution in [-0.2, 0) is 0 Å². The van der Waals surface area contributed by atoms with Crippen LogP contribution in [0.25, 0.3) is 0 Å². The molecule has 1 rings (SSSR count). The number of aliphatic imine (C=N–C) groups is 1. The fourth-order valence-electron chi connectivity index (χ4n) is 1.20. The van der Waals surface area contributed by atoms with Crippen LogP contribution in [-0.4, -0.2) is 29.4 Å². The van der Waals surface area contributed by atoms with Gasteiger partial charge in [0.15, 0.2) is 0 Å². The fraction of sp³-hybridized carbons (Fsp3) is 0.273. The normalized spacial score (nSPS) is 11.3. The molecule has 1 aromatic carbocycles. The van der Waals surface area contributed by atoms with Crippen LogP contribution in [0.3, 0.4) is 0 Å². The van der Waals surface area contributed by atoms with E-state index in [0.29, 0.717) is 18.0 Å². The van der Waals surface area contributed by atoms with Gasteiger partial charge < -0.3 is 15.6 Å². The minimum Gasteiger partial charge on any atom is -0.492 e. The van der Waals surface area contributed by atoms with Crippen LogP contribution in [0.1, 0.15) is 17.3 Å². The maximum absolute atomic E-state index is 10.8. The third kappa shape index (κ3) is 3.64. The van der Waals surface area contributed by atoms with Gasteiger partial charge in [0.2, 0.25) is 0 Å². The fourth-order valence-corrected chi connectivity index (χ4v) is 1.26. The number of carbonyl (C=O) groups is 1. The van der Waals surface area contributed by atoms with E-state index >= 15 is 0 Å². The molecular formula is C11H13ClN2O3. The third-order valence-corrected chi connectivity index (χ3v) is 2.18. The Hall–Kier alpha value is -1.75. The summed E-state index contributed by atoms with van der Waals surface area (Å²) in [5.74, 6) is -0.280. The van der Waals surface area contributed by atoms with Crippen LogP contribution in [0.4, 0.5) is 5.69 Å². The van der Waals surface area contributed by atoms with E-state index in [1.165, 1.54) is 12.1 Å². The maximum atomic E-state index is 10.8. The number of nitrogens with two attached hydrogens (primary N) is 1. The summed E-state index contributed by atoms with van der Waals surface area (Å²) in [4.78, 5) is 14.8. The van der Waals surface area contributed by atoms with E-state index < -0.39 is 5.97 Å². The van der Waals surface area contributed by atoms with Gasteiger partial charge in [-0.1, -0.05) is 0 Å². The molecule has 0 amide bonds. The molecule has 0 aliphatic heterocycles. The van der Waals surface area contributed by atoms with E-state index in [9.17, 15) is 4.79 Å². The summed E-state index contributed by atoms with van der Waals surface area (Å²) in [7, 11) is 0. The van der Waals surface area contributed by atoms with Crippen molar-refractivity contribution in [3.63, 3.8) is 0 Å². The Bertz CT molecular complexity index is 446. The highest BCUT2D eigenvalue weighted by Crippen LogP contribution is 2.28. The first-order chi connectivity index (χ1) is 8.08. The van der Waals surface area contributed by atoms with Crippen LogP contribution < -0.4 is 10.5 Å². The number of hydrogen-bond donors (Lipinski definition) is 2. The first-order valence-corrected chi connectivity index (χ1v) is 5.51. The number of halogens is 1. The van der Waals surface area contributed by atoms with Crippen molar-refractivity contribution in [2.75, 3.05) is 12.5 Å². The zero-order chi connectivity index (χ0) is 12.8. The van der Waals surface area contributed by atoms with Gasteiger partial charge in [0.1, 0.15) is 17.3 Å². The zero-order valence-corrected chi connectivity index (χ0v) is 10.1. The summed E-state index contributed by atoms with van der Waals surface area (Å²) in [6, 6.07) is 4.39. The van der Waals surface area contributed by atoms with Gasteiger partial charge in [-0.05, 0) is 25.1 Å². The van der Waals surface area contributed by atoms with E-state index in [1.54, 1.807) is 6.07 Å². The Balaban J connectivity index is 3.20. The second-order valence-corrected chi connectivity index (χ2v) is 3.42. The number of amidine groups is 1. The number of carboxylic acids is 1. The largest absolute Gasteiger partial charge is 0.492 e. The average molecular weight is 257 g/mol. The molecule has 0 saturated heterocycles. The van der Waals surface area contributed by atoms with E-state index in [4.69, 9.17) is 27.2 Å². The summed E-state index contributed by atoms with van der Waals surface area (Å²) in [6.45, 7) is 2.28. The number of carboxylic acid groups (broad SMARTS) is 1. The van der Waals surface area contributed by atoms with Crippen molar-refractivity contribution in [3.8, 4) is 5.75 Å². The first-order valence-electron chi connectivity index (χ1n) is 4.97. The Morgan fingerprint density at radius 1 is 1.59 bits per heavy atom. The molecule has 0 unspecified atom stereocenters. The first kappa shape index (κ1) is 13.3. The Morgan fingerprint density at radius 2 is 2.29 bits per heavy atom. The van der Waals surface area contributed by atoms with E-state index in [0.717, 1.165) is 0 Å². The van der Waals surface area contributed by atoms with Crippen molar-refractivity contribution in [1.29, 1.82) is 0 Å². The van der Waals surface area contributed by atoms with Crippen molar-refractivity contribution < 1.29 is 14.6 Å². The SMILES string of the molecule is CCOc1ccc(C(=O)O)cc1N=C(N)CCl. The highest BCUT2D eigenvalue weighted by molar-refractivity contribution is 6.28. The smallest absolute Gasteiger partial charge is 0.335 e. The topological polar surface area (TPSA) is 84.9 Å². The number of rotatable bonds is 5. The maximum Gasteiger partial charge on any atom is 0.335 e.